The number of hydrogen-bond donors (Lipinski definition) is 0. The minimum Gasteiger partial charge on any atom is -0.369 e. The summed E-state index contributed by atoms with van der Waals surface area (Å²) >= 11 is 1.67. The summed E-state index contributed by atoms with van der Waals surface area (Å²) < 4.78 is 0. The summed E-state index contributed by atoms with van der Waals surface area (Å²) in [4.78, 5) is 11.7. The number of thiophene rings is 1. The Hall–Kier alpha value is -1.56. The Morgan fingerprint density at radius 3 is 2.54 bits per heavy atom. The molecule has 3 nitrogen and oxygen atoms in total. The van der Waals surface area contributed by atoms with Gasteiger partial charge in [-0.1, -0.05) is 33.9 Å². The van der Waals surface area contributed by atoms with Crippen molar-refractivity contribution in [3.63, 3.8) is 0 Å². The van der Waals surface area contributed by atoms with Crippen LogP contribution in [0.4, 0.5) is 10.7 Å². The Kier molecular flexibility index (Phi) is 5.76. The number of hydrogen-bond acceptors (Lipinski definition) is 2. The highest BCUT2D eigenvalue weighted by atomic mass is 32.1. The van der Waals surface area contributed by atoms with Crippen molar-refractivity contribution < 1.29 is 0 Å². The SMILES string of the molecule is [C-]#[N+]c1c(/N=C/N(C)C)sc2c1[C@@](C)(C#C[Si](C)(C)C(C)(C)C)CCC2. The van der Waals surface area contributed by atoms with Crippen LogP contribution in [0.2, 0.25) is 18.1 Å². The minimum absolute atomic E-state index is 0.231. The van der Waals surface area contributed by atoms with Crippen molar-refractivity contribution in [2.24, 2.45) is 4.99 Å². The second-order valence-corrected chi connectivity index (χ2v) is 15.3. The molecule has 0 unspecified atom stereocenters. The summed E-state index contributed by atoms with van der Waals surface area (Å²) in [6.45, 7) is 21.6. The Balaban J connectivity index is 2.56. The summed E-state index contributed by atoms with van der Waals surface area (Å²) in [5, 5.41) is 1.08. The van der Waals surface area contributed by atoms with Gasteiger partial charge in [0.25, 0.3) is 0 Å². The molecule has 0 saturated carbocycles. The lowest BCUT2D eigenvalue weighted by Crippen LogP contribution is -2.36. The highest BCUT2D eigenvalue weighted by molar-refractivity contribution is 7.16. The Labute approximate surface area is 164 Å². The largest absolute Gasteiger partial charge is 0.369 e. The van der Waals surface area contributed by atoms with Gasteiger partial charge in [-0.05, 0) is 41.7 Å². The zero-order valence-electron chi connectivity index (χ0n) is 17.4. The standard InChI is InChI=1S/C21H31N3SSi/c1-20(2,3)26(8,9)14-13-21(4)12-10-11-16-17(21)18(22-5)19(25-16)23-15-24(6)7/h15H,10-12H2,1-4,6-9H3/b23-15+/t21-/m1/s1. The van der Waals surface area contributed by atoms with Gasteiger partial charge in [-0.15, -0.1) is 22.8 Å². The molecule has 0 saturated heterocycles. The van der Waals surface area contributed by atoms with Crippen LogP contribution in [-0.4, -0.2) is 33.4 Å². The highest BCUT2D eigenvalue weighted by Gasteiger charge is 2.38. The van der Waals surface area contributed by atoms with E-state index in [9.17, 15) is 0 Å². The fourth-order valence-corrected chi connectivity index (χ4v) is 5.10. The molecular weight excluding hydrogens is 354 g/mol. The molecular formula is C21H31N3SSi. The number of rotatable bonds is 2. The van der Waals surface area contributed by atoms with Crippen LogP contribution in [0.15, 0.2) is 4.99 Å². The lowest BCUT2D eigenvalue weighted by Gasteiger charge is -2.34. The maximum absolute atomic E-state index is 7.76. The second kappa shape index (κ2) is 7.22. The smallest absolute Gasteiger partial charge is 0.227 e. The Morgan fingerprint density at radius 2 is 2.00 bits per heavy atom. The fraction of sp³-hybridized carbons (Fsp3) is 0.619. The van der Waals surface area contributed by atoms with Crippen molar-refractivity contribution in [3.05, 3.63) is 21.9 Å². The van der Waals surface area contributed by atoms with Gasteiger partial charge in [0, 0.05) is 19.5 Å². The number of nitrogens with zero attached hydrogens (tertiary/aromatic N) is 3. The van der Waals surface area contributed by atoms with Gasteiger partial charge >= 0.3 is 0 Å². The highest BCUT2D eigenvalue weighted by Crippen LogP contribution is 2.52. The van der Waals surface area contributed by atoms with E-state index in [1.54, 1.807) is 17.7 Å². The van der Waals surface area contributed by atoms with E-state index in [0.717, 1.165) is 35.5 Å². The molecule has 2 rings (SSSR count). The van der Waals surface area contributed by atoms with Crippen LogP contribution >= 0.6 is 11.3 Å². The summed E-state index contributed by atoms with van der Waals surface area (Å²) in [7, 11) is 2.22. The van der Waals surface area contributed by atoms with Gasteiger partial charge < -0.3 is 4.90 Å². The molecule has 1 aliphatic rings. The van der Waals surface area contributed by atoms with Crippen molar-refractivity contribution in [1.29, 1.82) is 0 Å². The number of fused-ring (bicyclic) bond motifs is 1. The van der Waals surface area contributed by atoms with Crippen LogP contribution in [0.3, 0.4) is 0 Å². The molecule has 140 valence electrons. The summed E-state index contributed by atoms with van der Waals surface area (Å²) in [5.41, 5.74) is 5.35. The third kappa shape index (κ3) is 4.05. The third-order valence-electron chi connectivity index (χ3n) is 5.61. The average molecular weight is 386 g/mol. The van der Waals surface area contributed by atoms with Gasteiger partial charge in [0.2, 0.25) is 5.69 Å². The Morgan fingerprint density at radius 1 is 1.35 bits per heavy atom. The summed E-state index contributed by atoms with van der Waals surface area (Å²) in [5.74, 6) is 3.67. The number of aryl methyl sites for hydroxylation is 1. The first-order valence-corrected chi connectivity index (χ1v) is 13.0. The molecule has 0 spiro atoms. The molecule has 0 amide bonds. The topological polar surface area (TPSA) is 20.0 Å². The molecule has 0 aliphatic heterocycles. The molecule has 1 atom stereocenters. The van der Waals surface area contributed by atoms with Gasteiger partial charge in [0.1, 0.15) is 13.1 Å². The minimum atomic E-state index is -1.68. The molecule has 0 radical (unpaired) electrons. The molecule has 1 aromatic rings. The first kappa shape index (κ1) is 20.7. The van der Waals surface area contributed by atoms with Crippen LogP contribution in [0, 0.1) is 18.0 Å². The quantitative estimate of drug-likeness (QED) is 0.196. The van der Waals surface area contributed by atoms with E-state index in [-0.39, 0.29) is 10.5 Å². The van der Waals surface area contributed by atoms with Crippen molar-refractivity contribution in [3.8, 4) is 11.5 Å². The third-order valence-corrected chi connectivity index (χ3v) is 11.3. The van der Waals surface area contributed by atoms with Crippen molar-refractivity contribution in [1.82, 2.24) is 4.90 Å². The van der Waals surface area contributed by atoms with Gasteiger partial charge in [-0.25, -0.2) is 9.84 Å². The molecule has 5 heteroatoms. The van der Waals surface area contributed by atoms with E-state index in [1.807, 2.05) is 19.0 Å². The molecule has 0 aromatic carbocycles. The van der Waals surface area contributed by atoms with E-state index in [4.69, 9.17) is 6.57 Å². The second-order valence-electron chi connectivity index (χ2n) is 9.18. The normalized spacial score (nSPS) is 20.3. The van der Waals surface area contributed by atoms with Crippen LogP contribution < -0.4 is 0 Å². The first-order chi connectivity index (χ1) is 11.9. The molecule has 1 heterocycles. The van der Waals surface area contributed by atoms with Crippen LogP contribution in [0.25, 0.3) is 4.85 Å². The van der Waals surface area contributed by atoms with Crippen LogP contribution in [0.5, 0.6) is 0 Å². The predicted octanol–water partition coefficient (Wildman–Crippen LogP) is 6.17. The van der Waals surface area contributed by atoms with E-state index in [0.29, 0.717) is 0 Å². The molecule has 1 aromatic heterocycles. The van der Waals surface area contributed by atoms with E-state index < -0.39 is 8.07 Å². The Bertz CT molecular complexity index is 809. The summed E-state index contributed by atoms with van der Waals surface area (Å²) in [6.07, 6.45) is 4.98. The van der Waals surface area contributed by atoms with Gasteiger partial charge in [-0.3, -0.25) is 0 Å². The van der Waals surface area contributed by atoms with E-state index in [2.05, 4.69) is 62.1 Å². The van der Waals surface area contributed by atoms with Crippen molar-refractivity contribution in [2.45, 2.75) is 70.5 Å². The number of aliphatic imine (C=N–C) groups is 1. The average Bonchev–Trinajstić information content (AvgIpc) is 2.89. The van der Waals surface area contributed by atoms with E-state index in [1.165, 1.54) is 4.88 Å². The van der Waals surface area contributed by atoms with Gasteiger partial charge in [-0.2, -0.15) is 0 Å². The monoisotopic (exact) mass is 385 g/mol. The maximum atomic E-state index is 7.76. The molecule has 1 aliphatic carbocycles. The lowest BCUT2D eigenvalue weighted by molar-refractivity contribution is 0.505. The van der Waals surface area contributed by atoms with E-state index >= 15 is 0 Å². The van der Waals surface area contributed by atoms with Crippen LogP contribution in [0.1, 0.15) is 51.0 Å². The van der Waals surface area contributed by atoms with Gasteiger partial charge in [0.15, 0.2) is 0 Å². The first-order valence-electron chi connectivity index (χ1n) is 9.20. The van der Waals surface area contributed by atoms with Crippen molar-refractivity contribution >= 4 is 36.4 Å². The molecule has 0 N–H and O–H groups in total. The zero-order chi connectivity index (χ0) is 19.8. The van der Waals surface area contributed by atoms with Crippen molar-refractivity contribution in [2.75, 3.05) is 14.1 Å². The molecule has 0 fully saturated rings. The predicted molar refractivity (Wildman–Crippen MR) is 118 cm³/mol. The van der Waals surface area contributed by atoms with Gasteiger partial charge in [0.05, 0.1) is 12.9 Å². The lowest BCUT2D eigenvalue weighted by atomic mass is 9.74. The van der Waals surface area contributed by atoms with Crippen LogP contribution in [-0.2, 0) is 11.8 Å². The maximum Gasteiger partial charge on any atom is 0.227 e. The molecule has 26 heavy (non-hydrogen) atoms. The molecule has 0 bridgehead atoms. The summed E-state index contributed by atoms with van der Waals surface area (Å²) in [6, 6.07) is 0. The zero-order valence-corrected chi connectivity index (χ0v) is 19.3. The fourth-order valence-electron chi connectivity index (χ4n) is 2.89.